The van der Waals surface area contributed by atoms with E-state index in [0.717, 1.165) is 54.1 Å². The molecule has 166 valence electrons. The quantitative estimate of drug-likeness (QED) is 0.359. The van der Waals surface area contributed by atoms with Gasteiger partial charge in [0.1, 0.15) is 11.6 Å². The Balaban J connectivity index is 1.62. The molecule has 1 heterocycles. The molecule has 0 radical (unpaired) electrons. The third-order valence-corrected chi connectivity index (χ3v) is 6.05. The molecule has 0 fully saturated rings. The third kappa shape index (κ3) is 4.39. The minimum atomic E-state index is -0.360. The fraction of sp³-hybridized carbons (Fsp3) is 0.296. The molecule has 32 heavy (non-hydrogen) atoms. The van der Waals surface area contributed by atoms with E-state index in [9.17, 15) is 9.18 Å². The first-order valence-electron chi connectivity index (χ1n) is 11.2. The number of hydrogen-bond donors (Lipinski definition) is 1. The van der Waals surface area contributed by atoms with Gasteiger partial charge in [-0.1, -0.05) is 38.1 Å². The molecule has 4 nitrogen and oxygen atoms in total. The second-order valence-electron chi connectivity index (χ2n) is 8.08. The summed E-state index contributed by atoms with van der Waals surface area (Å²) in [6.45, 7) is 10.1. The highest BCUT2D eigenvalue weighted by Crippen LogP contribution is 2.41. The van der Waals surface area contributed by atoms with E-state index >= 15 is 0 Å². The van der Waals surface area contributed by atoms with Gasteiger partial charge in [-0.05, 0) is 73.5 Å². The SMILES string of the molecule is CCN(CC)CCCOc1ccccc2c(/C=C3\C(=O)Nc4ccc(F)cc43)cc(C)c1-2. The summed E-state index contributed by atoms with van der Waals surface area (Å²) in [7, 11) is 0. The minimum absolute atomic E-state index is 0.217. The van der Waals surface area contributed by atoms with Crippen LogP contribution in [0.3, 0.4) is 0 Å². The number of rotatable bonds is 8. The molecule has 0 aromatic heterocycles. The van der Waals surface area contributed by atoms with Crippen LogP contribution in [-0.2, 0) is 4.79 Å². The number of fused-ring (bicyclic) bond motifs is 2. The topological polar surface area (TPSA) is 41.6 Å². The Morgan fingerprint density at radius 2 is 1.84 bits per heavy atom. The molecule has 1 aromatic rings. The monoisotopic (exact) mass is 432 g/mol. The average molecular weight is 433 g/mol. The smallest absolute Gasteiger partial charge is 0.256 e. The van der Waals surface area contributed by atoms with E-state index in [1.54, 1.807) is 6.07 Å². The Bertz CT molecular complexity index is 1130. The lowest BCUT2D eigenvalue weighted by Crippen LogP contribution is -2.25. The zero-order valence-corrected chi connectivity index (χ0v) is 18.9. The fourth-order valence-electron chi connectivity index (χ4n) is 4.33. The number of amides is 1. The van der Waals surface area contributed by atoms with Gasteiger partial charge >= 0.3 is 0 Å². The molecular weight excluding hydrogens is 403 g/mol. The van der Waals surface area contributed by atoms with Crippen LogP contribution in [0.5, 0.6) is 5.75 Å². The third-order valence-electron chi connectivity index (χ3n) is 6.05. The molecule has 2 aliphatic carbocycles. The number of ether oxygens (including phenoxy) is 1. The minimum Gasteiger partial charge on any atom is -0.493 e. The highest BCUT2D eigenvalue weighted by Gasteiger charge is 2.26. The van der Waals surface area contributed by atoms with Crippen LogP contribution in [-0.4, -0.2) is 37.0 Å². The van der Waals surface area contributed by atoms with Crippen LogP contribution in [0.4, 0.5) is 10.1 Å². The van der Waals surface area contributed by atoms with Crippen LogP contribution in [0.1, 0.15) is 37.0 Å². The summed E-state index contributed by atoms with van der Waals surface area (Å²) < 4.78 is 20.0. The first kappa shape index (κ1) is 22.0. The Labute approximate surface area is 189 Å². The van der Waals surface area contributed by atoms with Crippen molar-refractivity contribution in [3.05, 3.63) is 71.0 Å². The van der Waals surface area contributed by atoms with Crippen molar-refractivity contribution < 1.29 is 13.9 Å². The standard InChI is InChI=1S/C27H29FN2O2/c1-4-30(5-2)13-8-14-32-25-10-7-6-9-21-19(15-18(3)26(21)25)16-23-22-17-20(28)11-12-24(22)29-27(23)31/h6-7,9-12,15-17H,4-5,8,13-14H2,1-3H3,(H,29,31)/b23-16-. The second kappa shape index (κ2) is 9.53. The van der Waals surface area contributed by atoms with Gasteiger partial charge < -0.3 is 15.0 Å². The molecule has 0 atom stereocenters. The van der Waals surface area contributed by atoms with E-state index in [4.69, 9.17) is 4.74 Å². The van der Waals surface area contributed by atoms with E-state index in [1.807, 2.05) is 30.3 Å². The Morgan fingerprint density at radius 3 is 2.62 bits per heavy atom. The van der Waals surface area contributed by atoms with Crippen molar-refractivity contribution in [2.45, 2.75) is 27.2 Å². The maximum atomic E-state index is 13.8. The molecule has 0 unspecified atom stereocenters. The van der Waals surface area contributed by atoms with Crippen molar-refractivity contribution in [1.82, 2.24) is 4.90 Å². The number of carbonyl (C=O) groups is 1. The summed E-state index contributed by atoms with van der Waals surface area (Å²) in [5, 5.41) is 2.82. The largest absolute Gasteiger partial charge is 0.493 e. The van der Waals surface area contributed by atoms with Crippen molar-refractivity contribution in [3.8, 4) is 16.9 Å². The average Bonchev–Trinajstić information content (AvgIpc) is 3.15. The molecule has 1 aliphatic heterocycles. The molecule has 1 amide bonds. The number of halogens is 1. The van der Waals surface area contributed by atoms with Gasteiger partial charge in [0.2, 0.25) is 0 Å². The van der Waals surface area contributed by atoms with Crippen molar-refractivity contribution in [2.24, 2.45) is 0 Å². The summed E-state index contributed by atoms with van der Waals surface area (Å²) in [6.07, 6.45) is 2.81. The maximum absolute atomic E-state index is 13.8. The lowest BCUT2D eigenvalue weighted by molar-refractivity contribution is -0.110. The first-order valence-corrected chi connectivity index (χ1v) is 11.2. The van der Waals surface area contributed by atoms with Crippen LogP contribution >= 0.6 is 0 Å². The van der Waals surface area contributed by atoms with E-state index in [0.29, 0.717) is 23.4 Å². The first-order chi connectivity index (χ1) is 15.5. The van der Waals surface area contributed by atoms with Crippen molar-refractivity contribution in [1.29, 1.82) is 0 Å². The summed E-state index contributed by atoms with van der Waals surface area (Å²) in [5.41, 5.74) is 5.76. The number of hydrogen-bond acceptors (Lipinski definition) is 3. The molecule has 3 aliphatic rings. The predicted molar refractivity (Wildman–Crippen MR) is 129 cm³/mol. The lowest BCUT2D eigenvalue weighted by Gasteiger charge is -2.18. The molecule has 1 aromatic carbocycles. The van der Waals surface area contributed by atoms with Crippen LogP contribution in [0.25, 0.3) is 22.8 Å². The normalized spacial score (nSPS) is 14.3. The molecule has 0 bridgehead atoms. The van der Waals surface area contributed by atoms with Gasteiger partial charge in [-0.2, -0.15) is 0 Å². The highest BCUT2D eigenvalue weighted by atomic mass is 19.1. The molecular formula is C27H29FN2O2. The van der Waals surface area contributed by atoms with E-state index in [2.05, 4.69) is 37.1 Å². The summed E-state index contributed by atoms with van der Waals surface area (Å²) in [4.78, 5) is 15.0. The lowest BCUT2D eigenvalue weighted by atomic mass is 10.0. The Hall–Kier alpha value is -3.18. The van der Waals surface area contributed by atoms with Crippen LogP contribution in [0.15, 0.2) is 48.5 Å². The highest BCUT2D eigenvalue weighted by molar-refractivity contribution is 6.35. The molecule has 0 saturated carbocycles. The van der Waals surface area contributed by atoms with Crippen molar-refractivity contribution >= 4 is 23.2 Å². The molecule has 0 spiro atoms. The molecule has 5 heteroatoms. The van der Waals surface area contributed by atoms with Crippen molar-refractivity contribution in [3.63, 3.8) is 0 Å². The van der Waals surface area contributed by atoms with E-state index in [-0.39, 0.29) is 11.7 Å². The van der Waals surface area contributed by atoms with Gasteiger partial charge in [-0.15, -0.1) is 0 Å². The number of aryl methyl sites for hydroxylation is 1. The van der Waals surface area contributed by atoms with Crippen LogP contribution < -0.4 is 10.1 Å². The Morgan fingerprint density at radius 1 is 1.06 bits per heavy atom. The summed E-state index contributed by atoms with van der Waals surface area (Å²) in [5.74, 6) is 0.265. The Kier molecular flexibility index (Phi) is 6.56. The van der Waals surface area contributed by atoms with Gasteiger partial charge in [0.25, 0.3) is 5.91 Å². The van der Waals surface area contributed by atoms with Gasteiger partial charge in [-0.3, -0.25) is 4.79 Å². The fourth-order valence-corrected chi connectivity index (χ4v) is 4.33. The van der Waals surface area contributed by atoms with Gasteiger partial charge in [0, 0.05) is 28.9 Å². The molecule has 4 rings (SSSR count). The van der Waals surface area contributed by atoms with E-state index in [1.165, 1.54) is 12.1 Å². The number of benzene rings is 1. The van der Waals surface area contributed by atoms with Gasteiger partial charge in [0.15, 0.2) is 0 Å². The molecule has 1 N–H and O–H groups in total. The van der Waals surface area contributed by atoms with Crippen LogP contribution in [0, 0.1) is 12.7 Å². The van der Waals surface area contributed by atoms with Gasteiger partial charge in [-0.25, -0.2) is 4.39 Å². The van der Waals surface area contributed by atoms with Crippen molar-refractivity contribution in [2.75, 3.05) is 31.6 Å². The zero-order chi connectivity index (χ0) is 22.7. The summed E-state index contributed by atoms with van der Waals surface area (Å²) >= 11 is 0. The number of carbonyl (C=O) groups excluding carboxylic acids is 1. The second-order valence-corrected chi connectivity index (χ2v) is 8.08. The zero-order valence-electron chi connectivity index (χ0n) is 18.9. The number of nitrogens with zero attached hydrogens (tertiary/aromatic N) is 1. The van der Waals surface area contributed by atoms with Gasteiger partial charge in [0.05, 0.1) is 6.61 Å². The van der Waals surface area contributed by atoms with E-state index < -0.39 is 0 Å². The number of nitrogens with one attached hydrogen (secondary N) is 1. The predicted octanol–water partition coefficient (Wildman–Crippen LogP) is 5.84. The summed E-state index contributed by atoms with van der Waals surface area (Å²) in [6, 6.07) is 14.4. The maximum Gasteiger partial charge on any atom is 0.256 e. The van der Waals surface area contributed by atoms with Crippen LogP contribution in [0.2, 0.25) is 0 Å². The number of anilines is 1. The molecule has 0 saturated heterocycles.